The number of morpholine rings is 1. The van der Waals surface area contributed by atoms with Gasteiger partial charge in [-0.15, -0.1) is 0 Å². The van der Waals surface area contributed by atoms with E-state index in [1.165, 1.54) is 12.1 Å². The normalized spacial score (nSPS) is 14.5. The van der Waals surface area contributed by atoms with Crippen molar-refractivity contribution >= 4 is 23.4 Å². The molecule has 1 heterocycles. The Balaban J connectivity index is 1.96. The summed E-state index contributed by atoms with van der Waals surface area (Å²) >= 11 is 0. The number of urea groups is 1. The molecule has 1 fully saturated rings. The van der Waals surface area contributed by atoms with E-state index in [4.69, 9.17) is 9.84 Å². The highest BCUT2D eigenvalue weighted by atomic mass is 19.1. The molecule has 0 aromatic heterocycles. The molecule has 1 aliphatic heterocycles. The average molecular weight is 311 g/mol. The van der Waals surface area contributed by atoms with Crippen molar-refractivity contribution in [2.75, 3.05) is 43.1 Å². The van der Waals surface area contributed by atoms with Crippen LogP contribution in [0.4, 0.5) is 20.6 Å². The Bertz CT molecular complexity index is 547. The van der Waals surface area contributed by atoms with Crippen molar-refractivity contribution in [3.63, 3.8) is 0 Å². The lowest BCUT2D eigenvalue weighted by molar-refractivity contribution is -0.136. The number of carboxylic acids is 1. The Kier molecular flexibility index (Phi) is 5.54. The lowest BCUT2D eigenvalue weighted by Gasteiger charge is -2.29. The number of amides is 2. The zero-order chi connectivity index (χ0) is 15.9. The zero-order valence-corrected chi connectivity index (χ0v) is 12.0. The fourth-order valence-corrected chi connectivity index (χ4v) is 2.11. The zero-order valence-electron chi connectivity index (χ0n) is 12.0. The van der Waals surface area contributed by atoms with E-state index in [-0.39, 0.29) is 13.0 Å². The van der Waals surface area contributed by atoms with Gasteiger partial charge in [-0.2, -0.15) is 0 Å². The molecule has 3 N–H and O–H groups in total. The number of nitrogens with one attached hydrogen (secondary N) is 2. The van der Waals surface area contributed by atoms with Gasteiger partial charge in [0.1, 0.15) is 5.82 Å². The summed E-state index contributed by atoms with van der Waals surface area (Å²) in [7, 11) is 0. The number of ether oxygens (including phenoxy) is 1. The van der Waals surface area contributed by atoms with Crippen LogP contribution in [0.2, 0.25) is 0 Å². The Morgan fingerprint density at radius 3 is 2.68 bits per heavy atom. The summed E-state index contributed by atoms with van der Waals surface area (Å²) in [5, 5.41) is 13.4. The van der Waals surface area contributed by atoms with Crippen LogP contribution in [-0.4, -0.2) is 50.0 Å². The Morgan fingerprint density at radius 1 is 1.27 bits per heavy atom. The molecule has 7 nitrogen and oxygen atoms in total. The third-order valence-corrected chi connectivity index (χ3v) is 3.14. The summed E-state index contributed by atoms with van der Waals surface area (Å²) in [6.45, 7) is 2.48. The second-order valence-electron chi connectivity index (χ2n) is 4.82. The van der Waals surface area contributed by atoms with Crippen molar-refractivity contribution in [1.29, 1.82) is 0 Å². The Morgan fingerprint density at radius 2 is 2.00 bits per heavy atom. The number of rotatable bonds is 5. The average Bonchev–Trinajstić information content (AvgIpc) is 2.47. The fraction of sp³-hybridized carbons (Fsp3) is 0.429. The van der Waals surface area contributed by atoms with Crippen molar-refractivity contribution in [1.82, 2.24) is 5.32 Å². The van der Waals surface area contributed by atoms with Gasteiger partial charge in [-0.1, -0.05) is 0 Å². The molecule has 2 amide bonds. The van der Waals surface area contributed by atoms with Gasteiger partial charge >= 0.3 is 12.0 Å². The Labute approximate surface area is 127 Å². The minimum absolute atomic E-state index is 0.00675. The van der Waals surface area contributed by atoms with Crippen LogP contribution in [0.15, 0.2) is 18.2 Å². The number of benzene rings is 1. The molecule has 0 unspecified atom stereocenters. The van der Waals surface area contributed by atoms with E-state index in [1.807, 2.05) is 4.90 Å². The molecule has 0 radical (unpaired) electrons. The molecule has 2 rings (SSSR count). The molecule has 0 atom stereocenters. The summed E-state index contributed by atoms with van der Waals surface area (Å²) in [6, 6.07) is 3.71. The number of carboxylic acid groups (broad SMARTS) is 1. The number of hydrogen-bond donors (Lipinski definition) is 3. The van der Waals surface area contributed by atoms with E-state index in [0.29, 0.717) is 37.7 Å². The molecule has 0 aliphatic carbocycles. The molecular weight excluding hydrogens is 293 g/mol. The van der Waals surface area contributed by atoms with Crippen LogP contribution in [0, 0.1) is 5.82 Å². The molecule has 1 aliphatic rings. The monoisotopic (exact) mass is 311 g/mol. The lowest BCUT2D eigenvalue weighted by Crippen LogP contribution is -2.36. The van der Waals surface area contributed by atoms with Crippen LogP contribution in [0.3, 0.4) is 0 Å². The van der Waals surface area contributed by atoms with Crippen molar-refractivity contribution < 1.29 is 23.8 Å². The molecule has 1 aromatic carbocycles. The SMILES string of the molecule is O=C(O)CCNC(=O)Nc1cc(F)cc(N2CCOCC2)c1. The highest BCUT2D eigenvalue weighted by Crippen LogP contribution is 2.22. The van der Waals surface area contributed by atoms with E-state index in [9.17, 15) is 14.0 Å². The summed E-state index contributed by atoms with van der Waals surface area (Å²) in [6.07, 6.45) is -0.171. The van der Waals surface area contributed by atoms with Crippen LogP contribution >= 0.6 is 0 Å². The van der Waals surface area contributed by atoms with Crippen LogP contribution in [-0.2, 0) is 9.53 Å². The van der Waals surface area contributed by atoms with Crippen molar-refractivity contribution in [2.24, 2.45) is 0 Å². The second-order valence-corrected chi connectivity index (χ2v) is 4.82. The van der Waals surface area contributed by atoms with E-state index >= 15 is 0 Å². The van der Waals surface area contributed by atoms with Gasteiger partial charge in [0, 0.05) is 31.0 Å². The van der Waals surface area contributed by atoms with Gasteiger partial charge in [0.2, 0.25) is 0 Å². The van der Waals surface area contributed by atoms with Gasteiger partial charge in [0.25, 0.3) is 0 Å². The predicted octanol–water partition coefficient (Wildman–Crippen LogP) is 1.26. The first-order chi connectivity index (χ1) is 10.5. The standard InChI is InChI=1S/C14H18FN3O4/c15-10-7-11(17-14(21)16-2-1-13(19)20)9-12(8-10)18-3-5-22-6-4-18/h7-9H,1-6H2,(H,19,20)(H2,16,17,21). The summed E-state index contributed by atoms with van der Waals surface area (Å²) in [5.41, 5.74) is 0.985. The maximum atomic E-state index is 13.7. The number of anilines is 2. The van der Waals surface area contributed by atoms with Gasteiger partial charge in [0.15, 0.2) is 0 Å². The molecule has 1 saturated heterocycles. The van der Waals surface area contributed by atoms with Gasteiger partial charge in [-0.25, -0.2) is 9.18 Å². The first kappa shape index (κ1) is 16.0. The summed E-state index contributed by atoms with van der Waals surface area (Å²) < 4.78 is 18.9. The highest BCUT2D eigenvalue weighted by molar-refractivity contribution is 5.90. The highest BCUT2D eigenvalue weighted by Gasteiger charge is 2.13. The van der Waals surface area contributed by atoms with Crippen LogP contribution in [0.25, 0.3) is 0 Å². The molecule has 120 valence electrons. The summed E-state index contributed by atoms with van der Waals surface area (Å²) in [5.74, 6) is -1.45. The third kappa shape index (κ3) is 4.88. The lowest BCUT2D eigenvalue weighted by atomic mass is 10.2. The number of aliphatic carboxylic acids is 1. The molecular formula is C14H18FN3O4. The molecule has 0 spiro atoms. The molecule has 22 heavy (non-hydrogen) atoms. The minimum Gasteiger partial charge on any atom is -0.481 e. The van der Waals surface area contributed by atoms with Crippen LogP contribution in [0.1, 0.15) is 6.42 Å². The van der Waals surface area contributed by atoms with E-state index < -0.39 is 17.8 Å². The number of hydrogen-bond acceptors (Lipinski definition) is 4. The molecule has 8 heteroatoms. The quantitative estimate of drug-likeness (QED) is 0.761. The van der Waals surface area contributed by atoms with E-state index in [1.54, 1.807) is 6.07 Å². The number of nitrogens with zero attached hydrogens (tertiary/aromatic N) is 1. The minimum atomic E-state index is -0.999. The third-order valence-electron chi connectivity index (χ3n) is 3.14. The van der Waals surface area contributed by atoms with Gasteiger partial charge < -0.3 is 25.4 Å². The smallest absolute Gasteiger partial charge is 0.319 e. The maximum Gasteiger partial charge on any atom is 0.319 e. The number of carbonyl (C=O) groups is 2. The van der Waals surface area contributed by atoms with Gasteiger partial charge in [-0.3, -0.25) is 4.79 Å². The molecule has 1 aromatic rings. The van der Waals surface area contributed by atoms with Gasteiger partial charge in [0.05, 0.1) is 19.6 Å². The van der Waals surface area contributed by atoms with Crippen LogP contribution in [0.5, 0.6) is 0 Å². The predicted molar refractivity (Wildman–Crippen MR) is 78.7 cm³/mol. The Hall–Kier alpha value is -2.35. The number of halogens is 1. The first-order valence-electron chi connectivity index (χ1n) is 6.94. The first-order valence-corrected chi connectivity index (χ1v) is 6.94. The molecule has 0 bridgehead atoms. The van der Waals surface area contributed by atoms with Crippen molar-refractivity contribution in [2.45, 2.75) is 6.42 Å². The van der Waals surface area contributed by atoms with E-state index in [0.717, 1.165) is 0 Å². The summed E-state index contributed by atoms with van der Waals surface area (Å²) in [4.78, 5) is 24.0. The number of carbonyl (C=O) groups excluding carboxylic acids is 1. The van der Waals surface area contributed by atoms with Crippen LogP contribution < -0.4 is 15.5 Å². The second kappa shape index (κ2) is 7.60. The topological polar surface area (TPSA) is 90.9 Å². The maximum absolute atomic E-state index is 13.7. The van der Waals surface area contributed by atoms with Crippen molar-refractivity contribution in [3.05, 3.63) is 24.0 Å². The largest absolute Gasteiger partial charge is 0.481 e. The molecule has 0 saturated carbocycles. The van der Waals surface area contributed by atoms with Crippen molar-refractivity contribution in [3.8, 4) is 0 Å². The van der Waals surface area contributed by atoms with E-state index in [2.05, 4.69) is 10.6 Å². The fourth-order valence-electron chi connectivity index (χ4n) is 2.11. The van der Waals surface area contributed by atoms with Gasteiger partial charge in [-0.05, 0) is 18.2 Å².